The van der Waals surface area contributed by atoms with E-state index in [9.17, 15) is 14.0 Å². The standard InChI is InChI=1S/C21H28IN5O5P2/c1-6-14(5)32-34(29,30)21(33-28,31-7-2)15-8-10-16(11-9-15)24-18-17-19(26-20(22)25-18)27(12-23-17)13(3)4/h8-14H,6-7H2,1-5H3,(H,29,30)(H,24,25,26)/p+1. The summed E-state index contributed by atoms with van der Waals surface area (Å²) >= 11 is 2.06. The monoisotopic (exact) mass is 620 g/mol. The van der Waals surface area contributed by atoms with Crippen LogP contribution in [0.5, 0.6) is 0 Å². The van der Waals surface area contributed by atoms with Crippen LogP contribution in [0.4, 0.5) is 11.5 Å². The molecular weight excluding hydrogens is 591 g/mol. The van der Waals surface area contributed by atoms with Gasteiger partial charge in [0.05, 0.1) is 19.0 Å². The van der Waals surface area contributed by atoms with E-state index in [1.165, 1.54) is 0 Å². The predicted octanol–water partition coefficient (Wildman–Crippen LogP) is 5.93. The van der Waals surface area contributed by atoms with Crippen molar-refractivity contribution in [2.45, 2.75) is 58.3 Å². The number of aromatic nitrogens is 4. The quantitative estimate of drug-likeness (QED) is 0.152. The average molecular weight is 620 g/mol. The van der Waals surface area contributed by atoms with Crippen LogP contribution >= 0.6 is 38.6 Å². The third kappa shape index (κ3) is 5.34. The third-order valence-corrected chi connectivity index (χ3v) is 9.42. The first-order valence-corrected chi connectivity index (χ1v) is 14.5. The van der Waals surface area contributed by atoms with E-state index in [0.29, 0.717) is 27.3 Å². The number of hydrogen-bond acceptors (Lipinski definition) is 8. The largest absolute Gasteiger partial charge is 0.415 e. The minimum Gasteiger partial charge on any atom is -0.338 e. The second kappa shape index (κ2) is 11.1. The van der Waals surface area contributed by atoms with Crippen LogP contribution in [-0.4, -0.2) is 37.1 Å². The predicted molar refractivity (Wildman–Crippen MR) is 141 cm³/mol. The van der Waals surface area contributed by atoms with E-state index in [-0.39, 0.29) is 18.2 Å². The number of anilines is 2. The van der Waals surface area contributed by atoms with E-state index in [1.807, 2.05) is 25.3 Å². The van der Waals surface area contributed by atoms with Crippen LogP contribution in [0.25, 0.3) is 11.2 Å². The van der Waals surface area contributed by atoms with Crippen molar-refractivity contribution in [1.82, 2.24) is 19.5 Å². The van der Waals surface area contributed by atoms with Gasteiger partial charge in [0.1, 0.15) is 0 Å². The lowest BCUT2D eigenvalue weighted by molar-refractivity contribution is 0.0492. The summed E-state index contributed by atoms with van der Waals surface area (Å²) in [5.41, 5.74) is 2.30. The molecule has 0 saturated carbocycles. The first-order chi connectivity index (χ1) is 16.1. The van der Waals surface area contributed by atoms with E-state index >= 15 is 0 Å². The molecule has 0 fully saturated rings. The Bertz CT molecular complexity index is 1210. The summed E-state index contributed by atoms with van der Waals surface area (Å²) < 4.78 is 39.1. The molecule has 3 rings (SSSR count). The Labute approximate surface area is 213 Å². The van der Waals surface area contributed by atoms with E-state index in [1.54, 1.807) is 44.4 Å². The molecule has 0 bridgehead atoms. The summed E-state index contributed by atoms with van der Waals surface area (Å²) in [6.07, 6.45) is 1.76. The van der Waals surface area contributed by atoms with E-state index in [4.69, 9.17) is 9.26 Å². The number of nitrogens with one attached hydrogen (secondary N) is 1. The molecule has 0 radical (unpaired) electrons. The molecule has 0 saturated heterocycles. The summed E-state index contributed by atoms with van der Waals surface area (Å²) in [7, 11) is -5.70. The molecule has 2 N–H and O–H groups in total. The molecule has 0 aliphatic heterocycles. The van der Waals surface area contributed by atoms with Gasteiger partial charge in [-0.25, -0.2) is 15.0 Å². The van der Waals surface area contributed by atoms with Gasteiger partial charge in [0.25, 0.3) is 0 Å². The Morgan fingerprint density at radius 1 is 1.24 bits per heavy atom. The van der Waals surface area contributed by atoms with Crippen LogP contribution in [0.3, 0.4) is 0 Å². The van der Waals surface area contributed by atoms with Gasteiger partial charge in [-0.2, -0.15) is 0 Å². The number of benzene rings is 1. The summed E-state index contributed by atoms with van der Waals surface area (Å²) in [5.74, 6) is 0.538. The fourth-order valence-electron chi connectivity index (χ4n) is 3.35. The minimum absolute atomic E-state index is 0.0829. The van der Waals surface area contributed by atoms with Crippen molar-refractivity contribution >= 4 is 61.3 Å². The second-order valence-electron chi connectivity index (χ2n) is 7.99. The molecule has 13 heteroatoms. The second-order valence-corrected chi connectivity index (χ2v) is 12.2. The van der Waals surface area contributed by atoms with Gasteiger partial charge in [-0.15, -0.1) is 0 Å². The van der Waals surface area contributed by atoms with E-state index in [0.717, 1.165) is 5.65 Å². The molecule has 0 spiro atoms. The van der Waals surface area contributed by atoms with Gasteiger partial charge in [-0.3, -0.25) is 4.57 Å². The SMILES string of the molecule is CCOC([PH+]=O)(c1ccc(Nc2nc(I)nc3c2ncn3C(C)C)cc1)P(=O)(O)OC(C)CC. The first kappa shape index (κ1) is 27.1. The van der Waals surface area contributed by atoms with Gasteiger partial charge >= 0.3 is 21.1 Å². The molecule has 4 atom stereocenters. The number of nitrogens with zero attached hydrogens (tertiary/aromatic N) is 4. The van der Waals surface area contributed by atoms with Gasteiger partial charge < -0.3 is 24.0 Å². The number of halogens is 1. The van der Waals surface area contributed by atoms with Crippen LogP contribution in [0.2, 0.25) is 0 Å². The molecule has 0 amide bonds. The van der Waals surface area contributed by atoms with Crippen molar-refractivity contribution in [1.29, 1.82) is 0 Å². The van der Waals surface area contributed by atoms with Crippen molar-refractivity contribution < 1.29 is 23.3 Å². The summed E-state index contributed by atoms with van der Waals surface area (Å²) in [4.78, 5) is 24.2. The van der Waals surface area contributed by atoms with Gasteiger partial charge in [0.2, 0.25) is 0 Å². The molecule has 2 heterocycles. The zero-order valence-electron chi connectivity index (χ0n) is 19.6. The number of rotatable bonds is 11. The highest BCUT2D eigenvalue weighted by molar-refractivity contribution is 14.1. The van der Waals surface area contributed by atoms with Crippen LogP contribution < -0.4 is 5.32 Å². The summed E-state index contributed by atoms with van der Waals surface area (Å²) in [6.45, 7) is 9.38. The number of ether oxygens (including phenoxy) is 1. The highest BCUT2D eigenvalue weighted by atomic mass is 127. The van der Waals surface area contributed by atoms with Gasteiger partial charge in [0, 0.05) is 39.9 Å². The lowest BCUT2D eigenvalue weighted by Crippen LogP contribution is -2.26. The molecule has 3 aromatic rings. The maximum absolute atomic E-state index is 13.2. The molecule has 0 aliphatic carbocycles. The Morgan fingerprint density at radius 3 is 2.47 bits per heavy atom. The Balaban J connectivity index is 1.98. The van der Waals surface area contributed by atoms with Crippen molar-refractivity contribution in [2.24, 2.45) is 0 Å². The normalized spacial score (nSPS) is 16.5. The summed E-state index contributed by atoms with van der Waals surface area (Å²) in [5, 5.41) is 1.26. The molecule has 1 aromatic carbocycles. The molecule has 2 aromatic heterocycles. The Morgan fingerprint density at radius 2 is 1.91 bits per heavy atom. The average Bonchev–Trinajstić information content (AvgIpc) is 3.22. The zero-order chi connectivity index (χ0) is 25.1. The van der Waals surface area contributed by atoms with E-state index in [2.05, 4.69) is 42.9 Å². The van der Waals surface area contributed by atoms with Crippen LogP contribution in [0.1, 0.15) is 52.6 Å². The highest BCUT2D eigenvalue weighted by Crippen LogP contribution is 2.67. The zero-order valence-corrected chi connectivity index (χ0v) is 23.7. The molecule has 10 nitrogen and oxygen atoms in total. The third-order valence-electron chi connectivity index (χ3n) is 5.28. The molecule has 34 heavy (non-hydrogen) atoms. The van der Waals surface area contributed by atoms with Gasteiger partial charge in [-0.1, -0.05) is 11.5 Å². The number of hydrogen-bond donors (Lipinski definition) is 2. The maximum atomic E-state index is 13.2. The molecule has 4 unspecified atom stereocenters. The van der Waals surface area contributed by atoms with E-state index < -0.39 is 27.2 Å². The minimum atomic E-state index is -4.45. The van der Waals surface area contributed by atoms with Gasteiger partial charge in [-0.05, 0) is 58.4 Å². The first-order valence-electron chi connectivity index (χ1n) is 10.9. The Kier molecular flexibility index (Phi) is 8.81. The van der Waals surface area contributed by atoms with Crippen molar-refractivity contribution in [3.05, 3.63) is 40.0 Å². The summed E-state index contributed by atoms with van der Waals surface area (Å²) in [6, 6.07) is 6.79. The molecule has 184 valence electrons. The topological polar surface area (TPSA) is 128 Å². The smallest absolute Gasteiger partial charge is 0.338 e. The molecule has 0 aliphatic rings. The fourth-order valence-corrected chi connectivity index (χ4v) is 6.48. The van der Waals surface area contributed by atoms with Crippen molar-refractivity contribution in [3.8, 4) is 0 Å². The van der Waals surface area contributed by atoms with Crippen LogP contribution in [0, 0.1) is 3.83 Å². The van der Waals surface area contributed by atoms with Gasteiger partial charge in [0.15, 0.2) is 20.8 Å². The number of imidazole rings is 1. The maximum Gasteiger partial charge on any atom is 0.415 e. The van der Waals surface area contributed by atoms with Crippen molar-refractivity contribution in [2.75, 3.05) is 11.9 Å². The Hall–Kier alpha value is -1.49. The van der Waals surface area contributed by atoms with Crippen molar-refractivity contribution in [3.63, 3.8) is 0 Å². The van der Waals surface area contributed by atoms with Crippen LogP contribution in [-0.2, 0) is 23.5 Å². The fraction of sp³-hybridized carbons (Fsp3) is 0.476. The number of fused-ring (bicyclic) bond motifs is 1. The molecular formula is C21H29IN5O5P2+. The highest BCUT2D eigenvalue weighted by Gasteiger charge is 2.61. The lowest BCUT2D eigenvalue weighted by Gasteiger charge is -2.27. The van der Waals surface area contributed by atoms with Crippen LogP contribution in [0.15, 0.2) is 30.6 Å². The lowest BCUT2D eigenvalue weighted by atomic mass is 10.2.